The van der Waals surface area contributed by atoms with Gasteiger partial charge in [0.15, 0.2) is 0 Å². The fourth-order valence-corrected chi connectivity index (χ4v) is 1.49. The van der Waals surface area contributed by atoms with Gasteiger partial charge < -0.3 is 20.5 Å². The molecule has 0 aromatic heterocycles. The fraction of sp³-hybridized carbons (Fsp3) is 0.857. The number of nitrogens with one attached hydrogen (secondary N) is 2. The number of carboxylic acids is 1. The molecule has 0 aromatic carbocycles. The average Bonchev–Trinajstić information content (AvgIpc) is 2.25. The lowest BCUT2D eigenvalue weighted by Crippen LogP contribution is -2.43. The van der Waals surface area contributed by atoms with E-state index in [-0.39, 0.29) is 5.92 Å². The molecule has 0 radical (unpaired) electrons. The third kappa shape index (κ3) is 8.74. The van der Waals surface area contributed by atoms with E-state index in [9.17, 15) is 9.59 Å². The fourth-order valence-electron chi connectivity index (χ4n) is 1.49. The zero-order chi connectivity index (χ0) is 15.9. The quantitative estimate of drug-likeness (QED) is 0.665. The van der Waals surface area contributed by atoms with Gasteiger partial charge in [0, 0.05) is 13.1 Å². The molecule has 118 valence electrons. The summed E-state index contributed by atoms with van der Waals surface area (Å²) < 4.78 is 5.17. The van der Waals surface area contributed by atoms with Gasteiger partial charge in [-0.05, 0) is 39.5 Å². The summed E-state index contributed by atoms with van der Waals surface area (Å²) in [6.07, 6.45) is -0.450. The van der Waals surface area contributed by atoms with Crippen molar-refractivity contribution in [2.75, 3.05) is 13.1 Å². The van der Waals surface area contributed by atoms with Crippen LogP contribution in [0, 0.1) is 11.8 Å². The van der Waals surface area contributed by atoms with E-state index >= 15 is 0 Å². The Bertz CT molecular complexity index is 324. The highest BCUT2D eigenvalue weighted by molar-refractivity contribution is 5.72. The van der Waals surface area contributed by atoms with Crippen LogP contribution in [0.15, 0.2) is 0 Å². The van der Waals surface area contributed by atoms with Crippen molar-refractivity contribution in [1.29, 1.82) is 0 Å². The number of hydrogen-bond acceptors (Lipinski definition) is 4. The summed E-state index contributed by atoms with van der Waals surface area (Å²) in [7, 11) is 0. The van der Waals surface area contributed by atoms with Crippen LogP contribution >= 0.6 is 0 Å². The molecule has 0 rings (SSSR count). The first-order valence-electron chi connectivity index (χ1n) is 6.96. The van der Waals surface area contributed by atoms with Gasteiger partial charge in [-0.2, -0.15) is 0 Å². The highest BCUT2D eigenvalue weighted by Crippen LogP contribution is 2.10. The second-order valence-electron chi connectivity index (χ2n) is 6.36. The minimum absolute atomic E-state index is 0.143. The lowest BCUT2D eigenvalue weighted by atomic mass is 9.95. The van der Waals surface area contributed by atoms with Crippen LogP contribution in [-0.2, 0) is 9.53 Å². The summed E-state index contributed by atoms with van der Waals surface area (Å²) in [5.41, 5.74) is -0.520. The van der Waals surface area contributed by atoms with Crippen LogP contribution in [0.5, 0.6) is 0 Å². The van der Waals surface area contributed by atoms with Crippen molar-refractivity contribution in [3.8, 4) is 0 Å². The van der Waals surface area contributed by atoms with Crippen molar-refractivity contribution in [1.82, 2.24) is 10.6 Å². The molecule has 1 amide bonds. The highest BCUT2D eigenvalue weighted by atomic mass is 16.6. The second-order valence-corrected chi connectivity index (χ2v) is 6.36. The van der Waals surface area contributed by atoms with Crippen LogP contribution in [0.3, 0.4) is 0 Å². The molecule has 0 spiro atoms. The molecule has 0 saturated carbocycles. The molecule has 0 aliphatic heterocycles. The minimum atomic E-state index is -0.882. The molecule has 6 nitrogen and oxygen atoms in total. The SMILES string of the molecule is CC(NCC(CNC(=O)OC(C)(C)C)C(C)C)C(=O)O. The number of alkyl carbamates (subject to hydrolysis) is 1. The van der Waals surface area contributed by atoms with E-state index in [0.717, 1.165) is 0 Å². The maximum Gasteiger partial charge on any atom is 0.407 e. The summed E-state index contributed by atoms with van der Waals surface area (Å²) in [4.78, 5) is 22.3. The topological polar surface area (TPSA) is 87.7 Å². The molecule has 6 heteroatoms. The standard InChI is InChI=1S/C14H28N2O4/c1-9(2)11(7-15-10(3)12(17)18)8-16-13(19)20-14(4,5)6/h9-11,15H,7-8H2,1-6H3,(H,16,19)(H,17,18). The zero-order valence-electron chi connectivity index (χ0n) is 13.3. The van der Waals surface area contributed by atoms with Gasteiger partial charge in [-0.25, -0.2) is 4.79 Å². The number of hydrogen-bond donors (Lipinski definition) is 3. The van der Waals surface area contributed by atoms with Crippen LogP contribution in [0.4, 0.5) is 4.79 Å². The van der Waals surface area contributed by atoms with Crippen LogP contribution in [0.2, 0.25) is 0 Å². The first-order valence-corrected chi connectivity index (χ1v) is 6.96. The lowest BCUT2D eigenvalue weighted by Gasteiger charge is -2.25. The van der Waals surface area contributed by atoms with Gasteiger partial charge in [-0.3, -0.25) is 4.79 Å². The normalized spacial score (nSPS) is 14.8. The Morgan fingerprint density at radius 3 is 2.10 bits per heavy atom. The predicted molar refractivity (Wildman–Crippen MR) is 77.7 cm³/mol. The summed E-state index contributed by atoms with van der Waals surface area (Å²) in [6.45, 7) is 12.1. The molecule has 2 unspecified atom stereocenters. The van der Waals surface area contributed by atoms with Gasteiger partial charge in [-0.15, -0.1) is 0 Å². The van der Waals surface area contributed by atoms with Gasteiger partial charge >= 0.3 is 12.1 Å². The molecule has 3 N–H and O–H groups in total. The molecule has 20 heavy (non-hydrogen) atoms. The maximum atomic E-state index is 11.6. The van der Waals surface area contributed by atoms with Gasteiger partial charge in [0.05, 0.1) is 0 Å². The van der Waals surface area contributed by atoms with E-state index in [2.05, 4.69) is 10.6 Å². The number of carbonyl (C=O) groups excluding carboxylic acids is 1. The lowest BCUT2D eigenvalue weighted by molar-refractivity contribution is -0.139. The van der Waals surface area contributed by atoms with E-state index in [1.165, 1.54) is 0 Å². The molecule has 0 aliphatic rings. The zero-order valence-corrected chi connectivity index (χ0v) is 13.3. The Morgan fingerprint density at radius 1 is 1.15 bits per heavy atom. The first-order chi connectivity index (χ1) is 9.03. The number of rotatable bonds is 7. The largest absolute Gasteiger partial charge is 0.480 e. The molecule has 0 fully saturated rings. The van der Waals surface area contributed by atoms with Crippen molar-refractivity contribution in [2.24, 2.45) is 11.8 Å². The Balaban J connectivity index is 4.22. The molecular formula is C14H28N2O4. The second kappa shape index (κ2) is 8.09. The third-order valence-corrected chi connectivity index (χ3v) is 2.91. The van der Waals surface area contributed by atoms with Gasteiger partial charge in [0.1, 0.15) is 11.6 Å². The summed E-state index contributed by atoms with van der Waals surface area (Å²) in [5.74, 6) is -0.421. The monoisotopic (exact) mass is 288 g/mol. The van der Waals surface area contributed by atoms with Crippen molar-refractivity contribution >= 4 is 12.1 Å². The summed E-state index contributed by atoms with van der Waals surface area (Å²) >= 11 is 0. The average molecular weight is 288 g/mol. The van der Waals surface area contributed by atoms with E-state index in [1.807, 2.05) is 34.6 Å². The van der Waals surface area contributed by atoms with E-state index in [4.69, 9.17) is 9.84 Å². The molecule has 0 aromatic rings. The van der Waals surface area contributed by atoms with Crippen molar-refractivity contribution < 1.29 is 19.4 Å². The number of amides is 1. The number of ether oxygens (including phenoxy) is 1. The highest BCUT2D eigenvalue weighted by Gasteiger charge is 2.20. The predicted octanol–water partition coefficient (Wildman–Crippen LogP) is 1.85. The molecule has 0 heterocycles. The summed E-state index contributed by atoms with van der Waals surface area (Å²) in [6, 6.07) is -0.599. The molecule has 0 bridgehead atoms. The van der Waals surface area contributed by atoms with E-state index < -0.39 is 23.7 Å². The smallest absolute Gasteiger partial charge is 0.407 e. The van der Waals surface area contributed by atoms with Crippen molar-refractivity contribution in [3.63, 3.8) is 0 Å². The van der Waals surface area contributed by atoms with Crippen LogP contribution in [0.25, 0.3) is 0 Å². The maximum absolute atomic E-state index is 11.6. The molecule has 0 saturated heterocycles. The van der Waals surface area contributed by atoms with Crippen molar-refractivity contribution in [2.45, 2.75) is 53.2 Å². The summed E-state index contributed by atoms with van der Waals surface area (Å²) in [5, 5.41) is 14.5. The first kappa shape index (κ1) is 18.7. The third-order valence-electron chi connectivity index (χ3n) is 2.91. The number of aliphatic carboxylic acids is 1. The molecule has 0 aliphatic carbocycles. The number of carbonyl (C=O) groups is 2. The Labute approximate surface area is 121 Å². The van der Waals surface area contributed by atoms with Crippen LogP contribution < -0.4 is 10.6 Å². The molecule has 2 atom stereocenters. The van der Waals surface area contributed by atoms with Gasteiger partial charge in [0.25, 0.3) is 0 Å². The van der Waals surface area contributed by atoms with Crippen LogP contribution in [-0.4, -0.2) is 41.9 Å². The van der Waals surface area contributed by atoms with Crippen molar-refractivity contribution in [3.05, 3.63) is 0 Å². The molecular weight excluding hydrogens is 260 g/mol. The van der Waals surface area contributed by atoms with Gasteiger partial charge in [-0.1, -0.05) is 13.8 Å². The van der Waals surface area contributed by atoms with Gasteiger partial charge in [0.2, 0.25) is 0 Å². The minimum Gasteiger partial charge on any atom is -0.480 e. The van der Waals surface area contributed by atoms with E-state index in [1.54, 1.807) is 6.92 Å². The van der Waals surface area contributed by atoms with Crippen LogP contribution in [0.1, 0.15) is 41.5 Å². The Kier molecular flexibility index (Phi) is 7.57. The Hall–Kier alpha value is -1.30. The number of carboxylic acid groups (broad SMARTS) is 1. The van der Waals surface area contributed by atoms with E-state index in [0.29, 0.717) is 19.0 Å². The Morgan fingerprint density at radius 2 is 1.70 bits per heavy atom.